The molecular formula is C16H18FN5O2S2. The van der Waals surface area contributed by atoms with E-state index in [1.807, 2.05) is 0 Å². The van der Waals surface area contributed by atoms with Crippen molar-refractivity contribution in [1.82, 2.24) is 20.8 Å². The van der Waals surface area contributed by atoms with E-state index in [1.165, 1.54) is 35.2 Å². The van der Waals surface area contributed by atoms with Crippen molar-refractivity contribution in [1.29, 1.82) is 0 Å². The smallest absolute Gasteiger partial charge is 0.321 e. The summed E-state index contributed by atoms with van der Waals surface area (Å²) >= 11 is 2.43. The van der Waals surface area contributed by atoms with Gasteiger partial charge in [0.05, 0.1) is 5.75 Å². The van der Waals surface area contributed by atoms with Crippen molar-refractivity contribution in [2.45, 2.75) is 36.1 Å². The van der Waals surface area contributed by atoms with E-state index in [0.717, 1.165) is 25.7 Å². The van der Waals surface area contributed by atoms with Crippen molar-refractivity contribution < 1.29 is 14.0 Å². The minimum atomic E-state index is -0.451. The third-order valence-electron chi connectivity index (χ3n) is 3.75. The van der Waals surface area contributed by atoms with Gasteiger partial charge in [0.15, 0.2) is 4.34 Å². The van der Waals surface area contributed by atoms with Gasteiger partial charge < -0.3 is 10.6 Å². The van der Waals surface area contributed by atoms with E-state index in [9.17, 15) is 14.0 Å². The van der Waals surface area contributed by atoms with E-state index < -0.39 is 6.03 Å². The molecule has 1 saturated carbocycles. The van der Waals surface area contributed by atoms with E-state index in [-0.39, 0.29) is 23.5 Å². The molecule has 0 unspecified atom stereocenters. The Hall–Kier alpha value is -2.20. The zero-order chi connectivity index (χ0) is 18.4. The summed E-state index contributed by atoms with van der Waals surface area (Å²) in [5.41, 5.74) is 0.569. The van der Waals surface area contributed by atoms with Crippen LogP contribution in [-0.2, 0) is 4.79 Å². The molecule has 0 atom stereocenters. The minimum Gasteiger partial charge on any atom is -0.335 e. The van der Waals surface area contributed by atoms with Crippen LogP contribution in [0.3, 0.4) is 0 Å². The molecule has 1 aromatic carbocycles. The summed E-state index contributed by atoms with van der Waals surface area (Å²) in [4.78, 5) is 23.6. The Balaban J connectivity index is 1.42. The molecule has 1 fully saturated rings. The lowest BCUT2D eigenvalue weighted by Crippen LogP contribution is -2.44. The molecule has 2 aromatic rings. The number of hydrogen-bond acceptors (Lipinski definition) is 7. The predicted octanol–water partition coefficient (Wildman–Crippen LogP) is 3.28. The number of amides is 3. The number of anilines is 2. The highest BCUT2D eigenvalue weighted by Crippen LogP contribution is 2.27. The Kier molecular flexibility index (Phi) is 6.40. The highest BCUT2D eigenvalue weighted by molar-refractivity contribution is 8.01. The molecule has 1 aliphatic rings. The summed E-state index contributed by atoms with van der Waals surface area (Å²) in [6, 6.07) is 5.73. The number of nitrogens with one attached hydrogen (secondary N) is 3. The van der Waals surface area contributed by atoms with Crippen molar-refractivity contribution in [2.75, 3.05) is 11.1 Å². The van der Waals surface area contributed by atoms with Crippen molar-refractivity contribution in [3.05, 3.63) is 30.1 Å². The van der Waals surface area contributed by atoms with Crippen LogP contribution < -0.4 is 16.0 Å². The van der Waals surface area contributed by atoms with E-state index >= 15 is 0 Å². The molecule has 138 valence electrons. The van der Waals surface area contributed by atoms with Gasteiger partial charge in [0.25, 0.3) is 0 Å². The minimum absolute atomic E-state index is 0.0622. The standard InChI is InChI=1S/C16H18FN5O2S2/c17-10-4-3-7-12(8-10)19-15-21-22-16(26-15)25-9-13(23)20-14(24)18-11-5-1-2-6-11/h3-4,7-8,11H,1-2,5-6,9H2,(H,19,21)(H2,18,20,23,24). The summed E-state index contributed by atoms with van der Waals surface area (Å²) < 4.78 is 13.7. The number of aromatic nitrogens is 2. The molecule has 1 aromatic heterocycles. The summed E-state index contributed by atoms with van der Waals surface area (Å²) in [7, 11) is 0. The Bertz CT molecular complexity index is 780. The van der Waals surface area contributed by atoms with Crippen LogP contribution in [0.1, 0.15) is 25.7 Å². The molecule has 0 bridgehead atoms. The summed E-state index contributed by atoms with van der Waals surface area (Å²) in [5.74, 6) is -0.672. The van der Waals surface area contributed by atoms with Crippen molar-refractivity contribution in [3.63, 3.8) is 0 Å². The van der Waals surface area contributed by atoms with Crippen LogP contribution in [0.4, 0.5) is 20.0 Å². The van der Waals surface area contributed by atoms with Crippen LogP contribution in [0.5, 0.6) is 0 Å². The first kappa shape index (κ1) is 18.6. The maximum atomic E-state index is 13.2. The Morgan fingerprint density at radius 3 is 2.85 bits per heavy atom. The number of carbonyl (C=O) groups is 2. The van der Waals surface area contributed by atoms with Gasteiger partial charge in [0, 0.05) is 11.7 Å². The second-order valence-electron chi connectivity index (χ2n) is 5.80. The van der Waals surface area contributed by atoms with Crippen LogP contribution in [-0.4, -0.2) is 33.9 Å². The SMILES string of the molecule is O=C(CSc1nnc(Nc2cccc(F)c2)s1)NC(=O)NC1CCCC1. The lowest BCUT2D eigenvalue weighted by molar-refractivity contribution is -0.117. The lowest BCUT2D eigenvalue weighted by atomic mass is 10.2. The molecule has 1 heterocycles. The number of imide groups is 1. The van der Waals surface area contributed by atoms with Gasteiger partial charge in [-0.1, -0.05) is 42.0 Å². The second kappa shape index (κ2) is 8.95. The zero-order valence-electron chi connectivity index (χ0n) is 13.8. The van der Waals surface area contributed by atoms with Gasteiger partial charge in [-0.15, -0.1) is 10.2 Å². The highest BCUT2D eigenvalue weighted by atomic mass is 32.2. The third-order valence-corrected chi connectivity index (χ3v) is 5.72. The first-order valence-electron chi connectivity index (χ1n) is 8.18. The number of benzene rings is 1. The summed E-state index contributed by atoms with van der Waals surface area (Å²) in [6.07, 6.45) is 4.14. The van der Waals surface area contributed by atoms with Gasteiger partial charge in [-0.3, -0.25) is 10.1 Å². The van der Waals surface area contributed by atoms with Crippen LogP contribution in [0, 0.1) is 5.82 Å². The molecule has 10 heteroatoms. The molecule has 0 aliphatic heterocycles. The summed E-state index contributed by atoms with van der Waals surface area (Å²) in [5, 5.41) is 16.5. The Morgan fingerprint density at radius 1 is 1.27 bits per heavy atom. The molecule has 3 rings (SSSR count). The average Bonchev–Trinajstić information content (AvgIpc) is 3.25. The molecule has 0 radical (unpaired) electrons. The third kappa shape index (κ3) is 5.67. The molecule has 0 spiro atoms. The first-order valence-corrected chi connectivity index (χ1v) is 9.98. The van der Waals surface area contributed by atoms with Crippen LogP contribution in [0.25, 0.3) is 0 Å². The first-order chi connectivity index (χ1) is 12.6. The molecule has 3 N–H and O–H groups in total. The Morgan fingerprint density at radius 2 is 2.08 bits per heavy atom. The number of carbonyl (C=O) groups excluding carboxylic acids is 2. The van der Waals surface area contributed by atoms with Crippen LogP contribution >= 0.6 is 23.1 Å². The number of halogens is 1. The average molecular weight is 395 g/mol. The Labute approximate surface area is 158 Å². The number of urea groups is 1. The molecular weight excluding hydrogens is 377 g/mol. The van der Waals surface area contributed by atoms with Gasteiger partial charge >= 0.3 is 6.03 Å². The molecule has 1 aliphatic carbocycles. The molecule has 0 saturated heterocycles. The quantitative estimate of drug-likeness (QED) is 0.650. The number of rotatable bonds is 6. The molecule has 7 nitrogen and oxygen atoms in total. The van der Waals surface area contributed by atoms with Gasteiger partial charge in [-0.2, -0.15) is 0 Å². The van der Waals surface area contributed by atoms with E-state index in [1.54, 1.807) is 12.1 Å². The van der Waals surface area contributed by atoms with Crippen molar-refractivity contribution >= 4 is 45.9 Å². The monoisotopic (exact) mass is 395 g/mol. The van der Waals surface area contributed by atoms with Gasteiger partial charge in [0.2, 0.25) is 11.0 Å². The fraction of sp³-hybridized carbons (Fsp3) is 0.375. The van der Waals surface area contributed by atoms with Crippen LogP contribution in [0.2, 0.25) is 0 Å². The molecule has 3 amide bonds. The summed E-state index contributed by atoms with van der Waals surface area (Å²) in [6.45, 7) is 0. The molecule has 26 heavy (non-hydrogen) atoms. The van der Waals surface area contributed by atoms with Crippen molar-refractivity contribution in [2.24, 2.45) is 0 Å². The van der Waals surface area contributed by atoms with Crippen LogP contribution in [0.15, 0.2) is 28.6 Å². The second-order valence-corrected chi connectivity index (χ2v) is 8.00. The lowest BCUT2D eigenvalue weighted by Gasteiger charge is -2.11. The van der Waals surface area contributed by atoms with Gasteiger partial charge in [-0.25, -0.2) is 9.18 Å². The largest absolute Gasteiger partial charge is 0.335 e. The number of nitrogens with zero attached hydrogens (tertiary/aromatic N) is 2. The van der Waals surface area contributed by atoms with E-state index in [4.69, 9.17) is 0 Å². The van der Waals surface area contributed by atoms with E-state index in [0.29, 0.717) is 15.2 Å². The fourth-order valence-corrected chi connectivity index (χ4v) is 4.16. The number of hydrogen-bond donors (Lipinski definition) is 3. The topological polar surface area (TPSA) is 96.0 Å². The normalized spacial score (nSPS) is 14.2. The zero-order valence-corrected chi connectivity index (χ0v) is 15.5. The fourth-order valence-electron chi connectivity index (χ4n) is 2.59. The van der Waals surface area contributed by atoms with Gasteiger partial charge in [-0.05, 0) is 31.0 Å². The van der Waals surface area contributed by atoms with Crippen molar-refractivity contribution in [3.8, 4) is 0 Å². The maximum absolute atomic E-state index is 13.2. The van der Waals surface area contributed by atoms with E-state index in [2.05, 4.69) is 26.1 Å². The highest BCUT2D eigenvalue weighted by Gasteiger charge is 2.18. The predicted molar refractivity (Wildman–Crippen MR) is 99.2 cm³/mol. The number of thioether (sulfide) groups is 1. The maximum Gasteiger partial charge on any atom is 0.321 e. The van der Waals surface area contributed by atoms with Gasteiger partial charge in [0.1, 0.15) is 5.82 Å².